The summed E-state index contributed by atoms with van der Waals surface area (Å²) in [5.74, 6) is 0.137. The van der Waals surface area contributed by atoms with Crippen LogP contribution in [0.5, 0.6) is 0 Å². The van der Waals surface area contributed by atoms with Gasteiger partial charge in [0.1, 0.15) is 0 Å². The quantitative estimate of drug-likeness (QED) is 0.492. The van der Waals surface area contributed by atoms with Crippen LogP contribution < -0.4 is 0 Å². The van der Waals surface area contributed by atoms with Crippen LogP contribution in [0.25, 0.3) is 0 Å². The Balaban J connectivity index is 3.17. The summed E-state index contributed by atoms with van der Waals surface area (Å²) in [5.41, 5.74) is 0. The van der Waals surface area contributed by atoms with Gasteiger partial charge in [0.2, 0.25) is 0 Å². The van der Waals surface area contributed by atoms with E-state index in [-0.39, 0.29) is 5.82 Å². The van der Waals surface area contributed by atoms with Crippen molar-refractivity contribution in [1.29, 1.82) is 5.26 Å². The first-order chi connectivity index (χ1) is 4.38. The van der Waals surface area contributed by atoms with Gasteiger partial charge in [-0.3, -0.25) is 4.79 Å². The molecule has 0 spiro atoms. The number of hydrogen-bond donors (Lipinski definition) is 0. The molecule has 1 aromatic rings. The lowest BCUT2D eigenvalue weighted by Gasteiger charge is -1.82. The Morgan fingerprint density at radius 1 is 1.89 bits per heavy atom. The zero-order chi connectivity index (χ0) is 6.69. The van der Waals surface area contributed by atoms with E-state index in [9.17, 15) is 4.79 Å². The van der Waals surface area contributed by atoms with Crippen LogP contribution >= 0.6 is 0 Å². The van der Waals surface area contributed by atoms with Gasteiger partial charge in [-0.2, -0.15) is 5.26 Å². The van der Waals surface area contributed by atoms with Crippen molar-refractivity contribution in [2.24, 2.45) is 0 Å². The molecule has 0 atom stereocenters. The van der Waals surface area contributed by atoms with E-state index >= 15 is 0 Å². The predicted octanol–water partition coefficient (Wildman–Crippen LogP) is 0.0248. The standard InChI is InChI=1S/C5H3N3O/c6-4-8-2-1-7-5(8)3-9/h1-3H. The van der Waals surface area contributed by atoms with E-state index in [1.54, 1.807) is 6.19 Å². The van der Waals surface area contributed by atoms with E-state index in [1.165, 1.54) is 12.4 Å². The first-order valence-corrected chi connectivity index (χ1v) is 2.27. The zero-order valence-corrected chi connectivity index (χ0v) is 4.48. The molecule has 0 aromatic carbocycles. The number of rotatable bonds is 1. The molecule has 4 heteroatoms. The Morgan fingerprint density at radius 3 is 3.11 bits per heavy atom. The number of aldehydes is 1. The molecule has 0 aliphatic heterocycles. The van der Waals surface area contributed by atoms with Crippen LogP contribution in [-0.2, 0) is 0 Å². The highest BCUT2D eigenvalue weighted by atomic mass is 16.1. The van der Waals surface area contributed by atoms with E-state index in [1.807, 2.05) is 0 Å². The largest absolute Gasteiger partial charge is 0.294 e. The second kappa shape index (κ2) is 2.09. The maximum atomic E-state index is 10.0. The molecule has 0 fully saturated rings. The van der Waals surface area contributed by atoms with E-state index in [2.05, 4.69) is 4.98 Å². The van der Waals surface area contributed by atoms with Crippen molar-refractivity contribution >= 4 is 6.29 Å². The number of imidazole rings is 1. The maximum Gasteiger partial charge on any atom is 0.190 e. The summed E-state index contributed by atoms with van der Waals surface area (Å²) in [6, 6.07) is 0. The van der Waals surface area contributed by atoms with Crippen LogP contribution in [0.3, 0.4) is 0 Å². The van der Waals surface area contributed by atoms with Crippen LogP contribution in [0.4, 0.5) is 0 Å². The van der Waals surface area contributed by atoms with Crippen molar-refractivity contribution in [2.75, 3.05) is 0 Å². The third kappa shape index (κ3) is 0.795. The minimum atomic E-state index is 0.137. The normalized spacial score (nSPS) is 8.33. The van der Waals surface area contributed by atoms with Gasteiger partial charge in [-0.1, -0.05) is 0 Å². The number of nitrogens with zero attached hydrogens (tertiary/aromatic N) is 3. The Morgan fingerprint density at radius 2 is 2.67 bits per heavy atom. The third-order valence-corrected chi connectivity index (χ3v) is 0.883. The third-order valence-electron chi connectivity index (χ3n) is 0.883. The van der Waals surface area contributed by atoms with Gasteiger partial charge < -0.3 is 0 Å². The van der Waals surface area contributed by atoms with Crippen molar-refractivity contribution < 1.29 is 4.79 Å². The lowest BCUT2D eigenvalue weighted by atomic mass is 10.7. The van der Waals surface area contributed by atoms with E-state index in [4.69, 9.17) is 5.26 Å². The Bertz CT molecular complexity index is 257. The SMILES string of the molecule is N#Cn1ccnc1C=O. The molecule has 0 amide bonds. The highest BCUT2D eigenvalue weighted by molar-refractivity contribution is 5.69. The number of carbonyl (C=O) groups excluding carboxylic acids is 1. The maximum absolute atomic E-state index is 10.0. The molecule has 9 heavy (non-hydrogen) atoms. The molecule has 0 radical (unpaired) electrons. The van der Waals surface area contributed by atoms with Crippen LogP contribution in [-0.4, -0.2) is 15.8 Å². The Kier molecular flexibility index (Phi) is 1.28. The summed E-state index contributed by atoms with van der Waals surface area (Å²) in [4.78, 5) is 13.6. The van der Waals surface area contributed by atoms with Crippen LogP contribution in [0.2, 0.25) is 0 Å². The molecular formula is C5H3N3O. The Hall–Kier alpha value is -1.63. The smallest absolute Gasteiger partial charge is 0.190 e. The molecule has 0 aliphatic carbocycles. The molecule has 0 saturated heterocycles. The average molecular weight is 121 g/mol. The first kappa shape index (κ1) is 5.51. The molecule has 0 aliphatic rings. The Labute approximate surface area is 51.4 Å². The molecule has 4 nitrogen and oxygen atoms in total. The van der Waals surface area contributed by atoms with Crippen molar-refractivity contribution in [3.05, 3.63) is 18.2 Å². The fourth-order valence-electron chi connectivity index (χ4n) is 0.487. The van der Waals surface area contributed by atoms with Gasteiger partial charge >= 0.3 is 0 Å². The molecule has 1 heterocycles. The summed E-state index contributed by atoms with van der Waals surface area (Å²) >= 11 is 0. The fraction of sp³-hybridized carbons (Fsp3) is 0. The predicted molar refractivity (Wildman–Crippen MR) is 28.6 cm³/mol. The van der Waals surface area contributed by atoms with Gasteiger partial charge in [0, 0.05) is 12.4 Å². The average Bonchev–Trinajstić information content (AvgIpc) is 2.33. The zero-order valence-electron chi connectivity index (χ0n) is 4.48. The molecule has 1 rings (SSSR count). The molecule has 0 bridgehead atoms. The van der Waals surface area contributed by atoms with Gasteiger partial charge in [0.05, 0.1) is 0 Å². The van der Waals surface area contributed by atoms with Crippen molar-refractivity contribution in [3.8, 4) is 6.19 Å². The minimum Gasteiger partial charge on any atom is -0.294 e. The van der Waals surface area contributed by atoms with Crippen molar-refractivity contribution in [2.45, 2.75) is 0 Å². The van der Waals surface area contributed by atoms with Gasteiger partial charge in [-0.15, -0.1) is 0 Å². The fourth-order valence-corrected chi connectivity index (χ4v) is 0.487. The van der Waals surface area contributed by atoms with Gasteiger partial charge in [-0.05, 0) is 0 Å². The second-order valence-corrected chi connectivity index (χ2v) is 1.37. The number of hydrogen-bond acceptors (Lipinski definition) is 3. The molecule has 0 unspecified atom stereocenters. The van der Waals surface area contributed by atoms with Gasteiger partial charge in [-0.25, -0.2) is 9.55 Å². The highest BCUT2D eigenvalue weighted by Crippen LogP contribution is 1.88. The molecular weight excluding hydrogens is 118 g/mol. The molecule has 0 saturated carbocycles. The molecule has 0 N–H and O–H groups in total. The minimum absolute atomic E-state index is 0.137. The topological polar surface area (TPSA) is 58.7 Å². The lowest BCUT2D eigenvalue weighted by molar-refractivity contribution is 0.111. The highest BCUT2D eigenvalue weighted by Gasteiger charge is 1.95. The monoisotopic (exact) mass is 121 g/mol. The van der Waals surface area contributed by atoms with E-state index < -0.39 is 0 Å². The van der Waals surface area contributed by atoms with Crippen LogP contribution in [0, 0.1) is 11.5 Å². The lowest BCUT2D eigenvalue weighted by Crippen LogP contribution is -1.93. The van der Waals surface area contributed by atoms with Gasteiger partial charge in [0.15, 0.2) is 18.3 Å². The van der Waals surface area contributed by atoms with Crippen LogP contribution in [0.1, 0.15) is 10.6 Å². The second-order valence-electron chi connectivity index (χ2n) is 1.37. The number of nitriles is 1. The first-order valence-electron chi connectivity index (χ1n) is 2.27. The summed E-state index contributed by atoms with van der Waals surface area (Å²) < 4.78 is 1.09. The van der Waals surface area contributed by atoms with Crippen LogP contribution in [0.15, 0.2) is 12.4 Å². The van der Waals surface area contributed by atoms with E-state index in [0.717, 1.165) is 4.57 Å². The summed E-state index contributed by atoms with van der Waals surface area (Å²) in [6.07, 6.45) is 5.10. The summed E-state index contributed by atoms with van der Waals surface area (Å²) in [5, 5.41) is 8.25. The molecule has 1 aromatic heterocycles. The van der Waals surface area contributed by atoms with Crippen molar-refractivity contribution in [3.63, 3.8) is 0 Å². The number of aromatic nitrogens is 2. The van der Waals surface area contributed by atoms with Gasteiger partial charge in [0.25, 0.3) is 0 Å². The van der Waals surface area contributed by atoms with E-state index in [0.29, 0.717) is 6.29 Å². The summed E-state index contributed by atoms with van der Waals surface area (Å²) in [7, 11) is 0. The molecule has 44 valence electrons. The number of carbonyl (C=O) groups is 1. The van der Waals surface area contributed by atoms with Crippen molar-refractivity contribution in [1.82, 2.24) is 9.55 Å². The summed E-state index contributed by atoms with van der Waals surface area (Å²) in [6.45, 7) is 0.